The lowest BCUT2D eigenvalue weighted by Gasteiger charge is -2.02. The van der Waals surface area contributed by atoms with Gasteiger partial charge in [-0.1, -0.05) is 5.16 Å². The van der Waals surface area contributed by atoms with E-state index in [1.807, 2.05) is 0 Å². The van der Waals surface area contributed by atoms with Gasteiger partial charge in [0, 0.05) is 6.07 Å². The van der Waals surface area contributed by atoms with Crippen molar-refractivity contribution in [2.24, 2.45) is 0 Å². The maximum Gasteiger partial charge on any atom is 0.335 e. The molecule has 0 aliphatic heterocycles. The first-order chi connectivity index (χ1) is 7.99. The van der Waals surface area contributed by atoms with Gasteiger partial charge in [0.2, 0.25) is 5.88 Å². The fourth-order valence-corrected chi connectivity index (χ4v) is 1.35. The highest BCUT2D eigenvalue weighted by molar-refractivity contribution is 5.88. The molecule has 5 nitrogen and oxygen atoms in total. The van der Waals surface area contributed by atoms with E-state index in [2.05, 4.69) is 9.68 Å². The number of aromatic nitrogens is 1. The van der Waals surface area contributed by atoms with Gasteiger partial charge in [0.1, 0.15) is 17.3 Å². The minimum absolute atomic E-state index is 0.0962. The summed E-state index contributed by atoms with van der Waals surface area (Å²) in [5.41, 5.74) is 4.13. The Balaban J connectivity index is 2.60. The first-order valence-electron chi connectivity index (χ1n) is 4.44. The fraction of sp³-hybridized carbons (Fsp3) is 0. The number of hydrogen-bond acceptors (Lipinski definition) is 4. The number of carboxylic acids is 1. The maximum atomic E-state index is 13.5. The summed E-state index contributed by atoms with van der Waals surface area (Å²) in [7, 11) is 0. The SMILES string of the molecule is Nc1cc(-c2c(F)cc(C(=O)O)cc2F)no1. The van der Waals surface area contributed by atoms with Crippen LogP contribution >= 0.6 is 0 Å². The highest BCUT2D eigenvalue weighted by Crippen LogP contribution is 2.27. The second-order valence-electron chi connectivity index (χ2n) is 3.23. The van der Waals surface area contributed by atoms with Crippen molar-refractivity contribution in [2.45, 2.75) is 0 Å². The highest BCUT2D eigenvalue weighted by Gasteiger charge is 2.18. The molecular formula is C10H6F2N2O3. The zero-order valence-electron chi connectivity index (χ0n) is 8.28. The van der Waals surface area contributed by atoms with Crippen molar-refractivity contribution >= 4 is 11.9 Å². The molecule has 0 radical (unpaired) electrons. The molecule has 17 heavy (non-hydrogen) atoms. The van der Waals surface area contributed by atoms with E-state index in [4.69, 9.17) is 10.8 Å². The molecule has 2 aromatic rings. The lowest BCUT2D eigenvalue weighted by Crippen LogP contribution is -2.00. The van der Waals surface area contributed by atoms with Crippen LogP contribution in [0.4, 0.5) is 14.7 Å². The number of hydrogen-bond donors (Lipinski definition) is 2. The lowest BCUT2D eigenvalue weighted by atomic mass is 10.1. The van der Waals surface area contributed by atoms with Crippen molar-refractivity contribution in [3.63, 3.8) is 0 Å². The normalized spacial score (nSPS) is 10.5. The van der Waals surface area contributed by atoms with Gasteiger partial charge < -0.3 is 15.4 Å². The minimum Gasteiger partial charge on any atom is -0.478 e. The van der Waals surface area contributed by atoms with E-state index in [0.717, 1.165) is 6.07 Å². The largest absolute Gasteiger partial charge is 0.478 e. The highest BCUT2D eigenvalue weighted by atomic mass is 19.1. The van der Waals surface area contributed by atoms with Crippen molar-refractivity contribution in [3.05, 3.63) is 35.4 Å². The quantitative estimate of drug-likeness (QED) is 0.836. The Morgan fingerprint density at radius 3 is 2.29 bits per heavy atom. The molecule has 1 aromatic carbocycles. The van der Waals surface area contributed by atoms with E-state index in [1.54, 1.807) is 0 Å². The molecule has 1 heterocycles. The van der Waals surface area contributed by atoms with Gasteiger partial charge in [-0.25, -0.2) is 13.6 Å². The van der Waals surface area contributed by atoms with E-state index in [0.29, 0.717) is 12.1 Å². The molecular weight excluding hydrogens is 234 g/mol. The Hall–Kier alpha value is -2.44. The van der Waals surface area contributed by atoms with Crippen LogP contribution in [-0.2, 0) is 0 Å². The Kier molecular flexibility index (Phi) is 2.51. The molecule has 0 saturated carbocycles. The number of nitrogens with two attached hydrogens (primary N) is 1. The van der Waals surface area contributed by atoms with Gasteiger partial charge in [-0.05, 0) is 12.1 Å². The fourth-order valence-electron chi connectivity index (χ4n) is 1.35. The zero-order valence-corrected chi connectivity index (χ0v) is 8.28. The predicted molar refractivity (Wildman–Crippen MR) is 53.2 cm³/mol. The monoisotopic (exact) mass is 240 g/mol. The number of rotatable bonds is 2. The molecule has 0 aliphatic carbocycles. The Labute approximate surface area is 93.4 Å². The van der Waals surface area contributed by atoms with Gasteiger partial charge in [-0.15, -0.1) is 0 Å². The zero-order chi connectivity index (χ0) is 12.6. The molecule has 2 rings (SSSR count). The van der Waals surface area contributed by atoms with Crippen molar-refractivity contribution in [1.82, 2.24) is 5.16 Å². The van der Waals surface area contributed by atoms with Crippen LogP contribution in [0.25, 0.3) is 11.3 Å². The molecule has 88 valence electrons. The predicted octanol–water partition coefficient (Wildman–Crippen LogP) is 1.90. The summed E-state index contributed by atoms with van der Waals surface area (Å²) in [5.74, 6) is -3.61. The number of anilines is 1. The van der Waals surface area contributed by atoms with Gasteiger partial charge in [-0.2, -0.15) is 0 Å². The first kappa shape index (κ1) is 11.1. The molecule has 0 aliphatic rings. The van der Waals surface area contributed by atoms with Crippen LogP contribution < -0.4 is 5.73 Å². The smallest absolute Gasteiger partial charge is 0.335 e. The van der Waals surface area contributed by atoms with Crippen LogP contribution in [0.1, 0.15) is 10.4 Å². The molecule has 1 aromatic heterocycles. The summed E-state index contributed by atoms with van der Waals surface area (Å²) in [5, 5.41) is 12.0. The molecule has 0 amide bonds. The second-order valence-corrected chi connectivity index (χ2v) is 3.23. The third-order valence-corrected chi connectivity index (χ3v) is 2.07. The van der Waals surface area contributed by atoms with E-state index in [-0.39, 0.29) is 11.6 Å². The average Bonchev–Trinajstić information content (AvgIpc) is 2.63. The van der Waals surface area contributed by atoms with E-state index in [1.165, 1.54) is 0 Å². The topological polar surface area (TPSA) is 89.4 Å². The number of carbonyl (C=O) groups is 1. The van der Waals surface area contributed by atoms with Gasteiger partial charge in [0.05, 0.1) is 11.1 Å². The van der Waals surface area contributed by atoms with Gasteiger partial charge in [0.25, 0.3) is 0 Å². The van der Waals surface area contributed by atoms with Crippen molar-refractivity contribution in [2.75, 3.05) is 5.73 Å². The summed E-state index contributed by atoms with van der Waals surface area (Å²) < 4.78 is 31.6. The summed E-state index contributed by atoms with van der Waals surface area (Å²) in [6.07, 6.45) is 0. The van der Waals surface area contributed by atoms with E-state index in [9.17, 15) is 13.6 Å². The van der Waals surface area contributed by atoms with E-state index < -0.39 is 28.7 Å². The Morgan fingerprint density at radius 2 is 1.88 bits per heavy atom. The van der Waals surface area contributed by atoms with Crippen LogP contribution in [0, 0.1) is 11.6 Å². The standard InChI is InChI=1S/C10H6F2N2O3/c11-5-1-4(10(15)16)2-6(12)9(5)7-3-8(13)17-14-7/h1-3H,13H2,(H,15,16). The lowest BCUT2D eigenvalue weighted by molar-refractivity contribution is 0.0696. The average molecular weight is 240 g/mol. The molecule has 0 saturated heterocycles. The molecule has 0 unspecified atom stereocenters. The summed E-state index contributed by atoms with van der Waals surface area (Å²) in [6.45, 7) is 0. The van der Waals surface area contributed by atoms with Crippen LogP contribution in [0.3, 0.4) is 0 Å². The number of benzene rings is 1. The van der Waals surface area contributed by atoms with Crippen LogP contribution in [-0.4, -0.2) is 16.2 Å². The first-order valence-corrected chi connectivity index (χ1v) is 4.44. The molecule has 0 spiro atoms. The molecule has 0 bridgehead atoms. The van der Waals surface area contributed by atoms with Crippen molar-refractivity contribution in [3.8, 4) is 11.3 Å². The second kappa shape index (κ2) is 3.85. The third kappa shape index (κ3) is 1.94. The molecule has 0 atom stereocenters. The van der Waals surface area contributed by atoms with Crippen molar-refractivity contribution in [1.29, 1.82) is 0 Å². The molecule has 3 N–H and O–H groups in total. The van der Waals surface area contributed by atoms with Crippen LogP contribution in [0.15, 0.2) is 22.7 Å². The number of halogens is 2. The number of aromatic carboxylic acids is 1. The number of nitrogen functional groups attached to an aromatic ring is 1. The molecule has 0 fully saturated rings. The Bertz CT molecular complexity index is 572. The van der Waals surface area contributed by atoms with Crippen LogP contribution in [0.2, 0.25) is 0 Å². The summed E-state index contributed by atoms with van der Waals surface area (Å²) >= 11 is 0. The number of nitrogens with zero attached hydrogens (tertiary/aromatic N) is 1. The minimum atomic E-state index is -1.42. The number of carboxylic acid groups (broad SMARTS) is 1. The van der Waals surface area contributed by atoms with Gasteiger partial charge in [0.15, 0.2) is 0 Å². The molecule has 7 heteroatoms. The van der Waals surface area contributed by atoms with Crippen molar-refractivity contribution < 1.29 is 23.2 Å². The summed E-state index contributed by atoms with van der Waals surface area (Å²) in [6, 6.07) is 2.54. The van der Waals surface area contributed by atoms with Crippen LogP contribution in [0.5, 0.6) is 0 Å². The Morgan fingerprint density at radius 1 is 1.29 bits per heavy atom. The summed E-state index contributed by atoms with van der Waals surface area (Å²) in [4.78, 5) is 10.6. The maximum absolute atomic E-state index is 13.5. The third-order valence-electron chi connectivity index (χ3n) is 2.07. The van der Waals surface area contributed by atoms with E-state index >= 15 is 0 Å². The van der Waals surface area contributed by atoms with Gasteiger partial charge in [-0.3, -0.25) is 0 Å². The van der Waals surface area contributed by atoms with Gasteiger partial charge >= 0.3 is 5.97 Å².